The fraction of sp³-hybridized carbons (Fsp3) is 0.385. The highest BCUT2D eigenvalue weighted by molar-refractivity contribution is 6.01. The van der Waals surface area contributed by atoms with Gasteiger partial charge in [-0.15, -0.1) is 0 Å². The molecule has 0 aromatic heterocycles. The van der Waals surface area contributed by atoms with Gasteiger partial charge in [-0.05, 0) is 5.56 Å². The van der Waals surface area contributed by atoms with Crippen molar-refractivity contribution >= 4 is 17.6 Å². The van der Waals surface area contributed by atoms with Gasteiger partial charge in [0.2, 0.25) is 0 Å². The number of hydrogen-bond acceptors (Lipinski definition) is 6. The van der Waals surface area contributed by atoms with E-state index in [2.05, 4.69) is 9.47 Å². The quantitative estimate of drug-likeness (QED) is 0.355. The molecule has 0 spiro atoms. The van der Waals surface area contributed by atoms with E-state index in [1.807, 2.05) is 0 Å². The maximum Gasteiger partial charge on any atom is 0.323 e. The Kier molecular flexibility index (Phi) is 3.44. The van der Waals surface area contributed by atoms with E-state index in [0.29, 0.717) is 11.1 Å². The number of hydrogen-bond donors (Lipinski definition) is 0. The second kappa shape index (κ2) is 4.92. The van der Waals surface area contributed by atoms with Crippen molar-refractivity contribution in [3.8, 4) is 0 Å². The van der Waals surface area contributed by atoms with Gasteiger partial charge in [0.15, 0.2) is 5.41 Å². The second-order valence-electron chi connectivity index (χ2n) is 4.59. The molecule has 0 bridgehead atoms. The lowest BCUT2D eigenvalue weighted by Gasteiger charge is -2.22. The lowest BCUT2D eigenvalue weighted by molar-refractivity contribution is -0.385. The van der Waals surface area contributed by atoms with Gasteiger partial charge in [-0.3, -0.25) is 19.7 Å². The number of nitro benzene ring substituents is 1. The fourth-order valence-electron chi connectivity index (χ4n) is 2.61. The predicted octanol–water partition coefficient (Wildman–Crippen LogP) is 1.03. The van der Waals surface area contributed by atoms with Crippen molar-refractivity contribution in [1.29, 1.82) is 0 Å². The van der Waals surface area contributed by atoms with Crippen molar-refractivity contribution in [2.75, 3.05) is 14.2 Å². The Hall–Kier alpha value is -2.44. The number of carbonyl (C=O) groups excluding carboxylic acids is 2. The molecule has 0 N–H and O–H groups in total. The summed E-state index contributed by atoms with van der Waals surface area (Å²) in [6, 6.07) is 4.54. The van der Waals surface area contributed by atoms with E-state index in [1.165, 1.54) is 26.4 Å². The van der Waals surface area contributed by atoms with Crippen LogP contribution >= 0.6 is 0 Å². The Morgan fingerprint density at radius 3 is 2.30 bits per heavy atom. The van der Waals surface area contributed by atoms with Crippen LogP contribution in [0.4, 0.5) is 5.69 Å². The molecular weight excluding hydrogens is 266 g/mol. The van der Waals surface area contributed by atoms with Gasteiger partial charge in [0.25, 0.3) is 5.69 Å². The van der Waals surface area contributed by atoms with Gasteiger partial charge in [-0.2, -0.15) is 0 Å². The topological polar surface area (TPSA) is 95.7 Å². The normalized spacial score (nSPS) is 15.3. The van der Waals surface area contributed by atoms with Crippen molar-refractivity contribution in [2.45, 2.75) is 12.8 Å². The molecule has 1 aliphatic carbocycles. The monoisotopic (exact) mass is 279 g/mol. The molecule has 0 atom stereocenters. The van der Waals surface area contributed by atoms with Crippen LogP contribution in [0.25, 0.3) is 0 Å². The van der Waals surface area contributed by atoms with Crippen molar-refractivity contribution in [3.05, 3.63) is 39.4 Å². The molecule has 7 nitrogen and oxygen atoms in total. The minimum atomic E-state index is -1.53. The smallest absolute Gasteiger partial charge is 0.323 e. The molecular formula is C13H13NO6. The first-order valence-electron chi connectivity index (χ1n) is 5.88. The highest BCUT2D eigenvalue weighted by Gasteiger charge is 2.54. The molecule has 20 heavy (non-hydrogen) atoms. The highest BCUT2D eigenvalue weighted by atomic mass is 16.6. The lowest BCUT2D eigenvalue weighted by atomic mass is 9.84. The van der Waals surface area contributed by atoms with E-state index in [-0.39, 0.29) is 18.5 Å². The number of rotatable bonds is 3. The third-order valence-electron chi connectivity index (χ3n) is 3.57. The number of carbonyl (C=O) groups is 2. The zero-order valence-corrected chi connectivity index (χ0v) is 11.0. The summed E-state index contributed by atoms with van der Waals surface area (Å²) in [5, 5.41) is 11.0. The van der Waals surface area contributed by atoms with E-state index in [4.69, 9.17) is 0 Å². The van der Waals surface area contributed by atoms with Crippen molar-refractivity contribution in [1.82, 2.24) is 0 Å². The van der Waals surface area contributed by atoms with Crippen LogP contribution in [0.1, 0.15) is 11.1 Å². The fourth-order valence-corrected chi connectivity index (χ4v) is 2.61. The molecule has 1 aliphatic rings. The highest BCUT2D eigenvalue weighted by Crippen LogP contribution is 2.42. The summed E-state index contributed by atoms with van der Waals surface area (Å²) >= 11 is 0. The largest absolute Gasteiger partial charge is 0.468 e. The third kappa shape index (κ3) is 1.91. The van der Waals surface area contributed by atoms with Crippen LogP contribution in [0.2, 0.25) is 0 Å². The van der Waals surface area contributed by atoms with Gasteiger partial charge in [-0.1, -0.05) is 12.1 Å². The second-order valence-corrected chi connectivity index (χ2v) is 4.59. The van der Waals surface area contributed by atoms with E-state index in [0.717, 1.165) is 0 Å². The predicted molar refractivity (Wildman–Crippen MR) is 67.0 cm³/mol. The standard InChI is InChI=1S/C13H13NO6/c1-19-11(15)13(12(16)20-2)6-8-4-3-5-10(14(17)18)9(8)7-13/h3-5H,6-7H2,1-2H3. The molecule has 106 valence electrons. The molecule has 1 aromatic carbocycles. The number of ether oxygens (including phenoxy) is 2. The summed E-state index contributed by atoms with van der Waals surface area (Å²) in [6.45, 7) is 0. The van der Waals surface area contributed by atoms with Gasteiger partial charge in [-0.25, -0.2) is 0 Å². The van der Waals surface area contributed by atoms with E-state index < -0.39 is 22.3 Å². The number of nitro groups is 1. The Balaban J connectivity index is 2.53. The Bertz CT molecular complexity index is 579. The molecule has 7 heteroatoms. The van der Waals surface area contributed by atoms with E-state index in [1.54, 1.807) is 6.07 Å². The lowest BCUT2D eigenvalue weighted by Crippen LogP contribution is -2.42. The minimum Gasteiger partial charge on any atom is -0.468 e. The first kappa shape index (κ1) is 14.0. The molecule has 0 unspecified atom stereocenters. The zero-order valence-electron chi connectivity index (χ0n) is 11.0. The summed E-state index contributed by atoms with van der Waals surface area (Å²) in [7, 11) is 2.34. The minimum absolute atomic E-state index is 0.0450. The summed E-state index contributed by atoms with van der Waals surface area (Å²) in [6.07, 6.45) is -0.0395. The summed E-state index contributed by atoms with van der Waals surface area (Å²) in [5.74, 6) is -1.48. The van der Waals surface area contributed by atoms with Crippen molar-refractivity contribution in [2.24, 2.45) is 5.41 Å². The van der Waals surface area contributed by atoms with Gasteiger partial charge in [0, 0.05) is 24.5 Å². The zero-order chi connectivity index (χ0) is 14.9. The molecule has 0 saturated carbocycles. The van der Waals surface area contributed by atoms with Gasteiger partial charge >= 0.3 is 11.9 Å². The maximum atomic E-state index is 12.0. The molecule has 1 aromatic rings. The van der Waals surface area contributed by atoms with Crippen LogP contribution in [0.3, 0.4) is 0 Å². The Morgan fingerprint density at radius 1 is 1.20 bits per heavy atom. The molecule has 0 heterocycles. The summed E-state index contributed by atoms with van der Waals surface area (Å²) < 4.78 is 9.36. The molecule has 0 radical (unpaired) electrons. The Morgan fingerprint density at radius 2 is 1.80 bits per heavy atom. The molecule has 0 aliphatic heterocycles. The van der Waals surface area contributed by atoms with Gasteiger partial charge in [0.05, 0.1) is 19.1 Å². The maximum absolute atomic E-state index is 12.0. The summed E-state index contributed by atoms with van der Waals surface area (Å²) in [5.41, 5.74) is -0.654. The van der Waals surface area contributed by atoms with Crippen LogP contribution in [0.15, 0.2) is 18.2 Å². The first-order valence-corrected chi connectivity index (χ1v) is 5.88. The molecule has 2 rings (SSSR count). The number of fused-ring (bicyclic) bond motifs is 1. The van der Waals surface area contributed by atoms with Gasteiger partial charge in [0.1, 0.15) is 0 Å². The van der Waals surface area contributed by atoms with Crippen LogP contribution in [0.5, 0.6) is 0 Å². The number of nitrogens with zero attached hydrogens (tertiary/aromatic N) is 1. The average Bonchev–Trinajstić information content (AvgIpc) is 2.85. The van der Waals surface area contributed by atoms with Crippen molar-refractivity contribution in [3.63, 3.8) is 0 Å². The van der Waals surface area contributed by atoms with Crippen LogP contribution in [-0.4, -0.2) is 31.1 Å². The van der Waals surface area contributed by atoms with Crippen molar-refractivity contribution < 1.29 is 24.0 Å². The van der Waals surface area contributed by atoms with E-state index in [9.17, 15) is 19.7 Å². The number of benzene rings is 1. The Labute approximate surface area is 114 Å². The molecule has 0 fully saturated rings. The number of methoxy groups -OCH3 is 2. The SMILES string of the molecule is COC(=O)C1(C(=O)OC)Cc2cccc([N+](=O)[O-])c2C1. The van der Waals surface area contributed by atoms with Crippen LogP contribution < -0.4 is 0 Å². The third-order valence-corrected chi connectivity index (χ3v) is 3.57. The average molecular weight is 279 g/mol. The van der Waals surface area contributed by atoms with Gasteiger partial charge < -0.3 is 9.47 Å². The first-order chi connectivity index (χ1) is 9.46. The number of esters is 2. The van der Waals surface area contributed by atoms with E-state index >= 15 is 0 Å². The molecule has 0 amide bonds. The summed E-state index contributed by atoms with van der Waals surface area (Å²) in [4.78, 5) is 34.5. The van der Waals surface area contributed by atoms with Crippen LogP contribution in [-0.2, 0) is 31.9 Å². The van der Waals surface area contributed by atoms with Crippen LogP contribution in [0, 0.1) is 15.5 Å². The molecule has 0 saturated heterocycles.